The summed E-state index contributed by atoms with van der Waals surface area (Å²) in [5.74, 6) is 0. The van der Waals surface area contributed by atoms with Gasteiger partial charge in [-0.2, -0.15) is 0 Å². The molecule has 3 N–H and O–H groups in total. The Morgan fingerprint density at radius 3 is 1.40 bits per heavy atom. The Morgan fingerprint density at radius 1 is 1.40 bits per heavy atom. The van der Waals surface area contributed by atoms with Gasteiger partial charge in [0.1, 0.15) is 0 Å². The summed E-state index contributed by atoms with van der Waals surface area (Å²) in [7, 11) is 0. The second-order valence-corrected chi connectivity index (χ2v) is 0.167. The minimum Gasteiger partial charge on any atom is -0.390 e. The van der Waals surface area contributed by atoms with Gasteiger partial charge in [-0.1, -0.05) is 14.9 Å². The molecular formula is C3H12N2. The third-order valence-corrected chi connectivity index (χ3v) is 0. The van der Waals surface area contributed by atoms with Crippen LogP contribution in [0.25, 0.3) is 0 Å². The highest BCUT2D eigenvalue weighted by Gasteiger charge is 1.10. The van der Waals surface area contributed by atoms with Crippen molar-refractivity contribution in [2.75, 3.05) is 0 Å². The van der Waals surface area contributed by atoms with E-state index >= 15 is 0 Å². The molecule has 0 aromatic carbocycles. The first kappa shape index (κ1) is 24.9. The molecule has 0 atom stereocenters. The average Bonchev–Trinajstić information content (AvgIpc) is 0.918. The summed E-state index contributed by atoms with van der Waals surface area (Å²) in [6.07, 6.45) is 0.750. The van der Waals surface area contributed by atoms with E-state index in [0.717, 1.165) is 6.34 Å². The van der Waals surface area contributed by atoms with Crippen LogP contribution in [0.3, 0.4) is 0 Å². The highest BCUT2D eigenvalue weighted by Crippen LogP contribution is 0.879. The van der Waals surface area contributed by atoms with Crippen LogP contribution in [0.1, 0.15) is 14.9 Å². The monoisotopic (exact) mass is 76.1 g/mol. The van der Waals surface area contributed by atoms with Crippen molar-refractivity contribution >= 4 is 6.34 Å². The van der Waals surface area contributed by atoms with Gasteiger partial charge in [0.05, 0.1) is 6.34 Å². The molecule has 2 nitrogen and oxygen atoms in total. The molecule has 0 aliphatic rings. The van der Waals surface area contributed by atoms with Gasteiger partial charge in [0.2, 0.25) is 0 Å². The molecule has 2 heteroatoms. The molecule has 0 rings (SSSR count). The van der Waals surface area contributed by atoms with Crippen LogP contribution in [-0.2, 0) is 0 Å². The maximum atomic E-state index is 5.86. The van der Waals surface area contributed by atoms with Crippen molar-refractivity contribution in [3.63, 3.8) is 0 Å². The lowest BCUT2D eigenvalue weighted by Crippen LogP contribution is -1.81. The maximum absolute atomic E-state index is 5.86. The van der Waals surface area contributed by atoms with Crippen LogP contribution >= 0.6 is 0 Å². The first-order chi connectivity index (χ1) is 1.41. The van der Waals surface area contributed by atoms with Crippen molar-refractivity contribution in [2.45, 2.75) is 14.9 Å². The Labute approximate surface area is 33.5 Å². The highest BCUT2D eigenvalue weighted by atomic mass is 14.6. The lowest BCUT2D eigenvalue weighted by atomic mass is 11.4. The van der Waals surface area contributed by atoms with E-state index in [1.807, 2.05) is 0 Å². The molecule has 0 fully saturated rings. The zero-order valence-corrected chi connectivity index (χ0v) is 1.65. The fraction of sp³-hybridized carbons (Fsp3) is 0.667. The molecule has 0 radical (unpaired) electrons. The molecule has 0 saturated heterocycles. The van der Waals surface area contributed by atoms with Crippen LogP contribution in [0, 0.1) is 5.41 Å². The fourth-order valence-corrected chi connectivity index (χ4v) is 0. The third kappa shape index (κ3) is 26.7. The lowest BCUT2D eigenvalue weighted by molar-refractivity contribution is 1.52. The van der Waals surface area contributed by atoms with Gasteiger partial charge in [-0.15, -0.1) is 0 Å². The second kappa shape index (κ2) is 95.8. The van der Waals surface area contributed by atoms with Crippen molar-refractivity contribution in [1.82, 2.24) is 0 Å². The number of hydrogen-bond donors (Lipinski definition) is 2. The predicted molar refractivity (Wildman–Crippen MR) is 26.4 cm³/mol. The molecular weight excluding hydrogens is 64.0 g/mol. The van der Waals surface area contributed by atoms with E-state index < -0.39 is 0 Å². The highest BCUT2D eigenvalue weighted by molar-refractivity contribution is 5.46. The van der Waals surface area contributed by atoms with E-state index in [1.54, 1.807) is 0 Å². The van der Waals surface area contributed by atoms with Gasteiger partial charge in [0.25, 0.3) is 0 Å². The van der Waals surface area contributed by atoms with E-state index in [4.69, 9.17) is 5.41 Å². The first-order valence-electron chi connectivity index (χ1n) is 0.622. The summed E-state index contributed by atoms with van der Waals surface area (Å²) in [5.41, 5.74) is 4.39. The van der Waals surface area contributed by atoms with Gasteiger partial charge in [-0.3, -0.25) is 5.41 Å². The first-order valence-corrected chi connectivity index (χ1v) is 0.622. The van der Waals surface area contributed by atoms with Crippen LogP contribution in [0.15, 0.2) is 0 Å². The number of nitrogens with one attached hydrogen (secondary N) is 1. The molecule has 0 heterocycles. The zero-order chi connectivity index (χ0) is 2.71. The molecule has 0 saturated carbocycles. The summed E-state index contributed by atoms with van der Waals surface area (Å²) in [5, 5.41) is 5.86. The zero-order valence-electron chi connectivity index (χ0n) is 1.65. The minimum atomic E-state index is 0. The van der Waals surface area contributed by atoms with Crippen LogP contribution in [0.4, 0.5) is 0 Å². The minimum absolute atomic E-state index is 0. The van der Waals surface area contributed by atoms with E-state index in [2.05, 4.69) is 5.73 Å². The van der Waals surface area contributed by atoms with Gasteiger partial charge in [-0.25, -0.2) is 0 Å². The standard InChI is InChI=1S/CH4N2.2CH4/c2-1-3;;/h1H,(H3,2,3);2*1H4. The molecule has 0 aliphatic carbocycles. The van der Waals surface area contributed by atoms with Crippen molar-refractivity contribution in [3.8, 4) is 0 Å². The topological polar surface area (TPSA) is 49.9 Å². The Hall–Kier alpha value is -0.530. The molecule has 5 heavy (non-hydrogen) atoms. The Bertz CT molecular complexity index is 12.4. The smallest absolute Gasteiger partial charge is 0.0765 e. The third-order valence-electron chi connectivity index (χ3n) is 0. The van der Waals surface area contributed by atoms with Crippen molar-refractivity contribution in [3.05, 3.63) is 0 Å². The predicted octanol–water partition coefficient (Wildman–Crippen LogP) is 0.824. The van der Waals surface area contributed by atoms with Crippen molar-refractivity contribution in [2.24, 2.45) is 5.73 Å². The summed E-state index contributed by atoms with van der Waals surface area (Å²) in [6, 6.07) is 0. The van der Waals surface area contributed by atoms with Gasteiger partial charge in [-0.05, 0) is 0 Å². The van der Waals surface area contributed by atoms with E-state index in [9.17, 15) is 0 Å². The molecule has 0 bridgehead atoms. The lowest BCUT2D eigenvalue weighted by Gasteiger charge is -1.38. The summed E-state index contributed by atoms with van der Waals surface area (Å²) in [4.78, 5) is 0. The van der Waals surface area contributed by atoms with Crippen LogP contribution in [0.5, 0.6) is 0 Å². The normalized spacial score (nSPS) is 2.40. The average molecular weight is 76.1 g/mol. The Kier molecular flexibility index (Phi) is 477. The summed E-state index contributed by atoms with van der Waals surface area (Å²) >= 11 is 0. The van der Waals surface area contributed by atoms with Crippen LogP contribution in [-0.4, -0.2) is 6.34 Å². The molecule has 0 aromatic heterocycles. The molecule has 34 valence electrons. The van der Waals surface area contributed by atoms with Crippen LogP contribution < -0.4 is 5.73 Å². The maximum Gasteiger partial charge on any atom is 0.0765 e. The van der Waals surface area contributed by atoms with Gasteiger partial charge in [0.15, 0.2) is 0 Å². The van der Waals surface area contributed by atoms with E-state index in [-0.39, 0.29) is 14.9 Å². The number of hydrogen-bond acceptors (Lipinski definition) is 1. The van der Waals surface area contributed by atoms with E-state index in [1.165, 1.54) is 0 Å². The van der Waals surface area contributed by atoms with Crippen LogP contribution in [0.2, 0.25) is 0 Å². The molecule has 0 amide bonds. The second-order valence-electron chi connectivity index (χ2n) is 0.167. The van der Waals surface area contributed by atoms with Gasteiger partial charge < -0.3 is 5.73 Å². The van der Waals surface area contributed by atoms with Crippen molar-refractivity contribution in [1.29, 1.82) is 5.41 Å². The molecule has 0 spiro atoms. The Morgan fingerprint density at radius 2 is 1.40 bits per heavy atom. The van der Waals surface area contributed by atoms with Gasteiger partial charge in [0, 0.05) is 0 Å². The fourth-order valence-electron chi connectivity index (χ4n) is 0. The molecule has 0 aliphatic heterocycles. The summed E-state index contributed by atoms with van der Waals surface area (Å²) < 4.78 is 0. The quantitative estimate of drug-likeness (QED) is 0.326. The van der Waals surface area contributed by atoms with Gasteiger partial charge >= 0.3 is 0 Å². The number of rotatable bonds is 0. The molecule has 0 aromatic rings. The summed E-state index contributed by atoms with van der Waals surface area (Å²) in [6.45, 7) is 0. The largest absolute Gasteiger partial charge is 0.390 e. The molecule has 0 unspecified atom stereocenters. The van der Waals surface area contributed by atoms with E-state index in [0.29, 0.717) is 0 Å². The van der Waals surface area contributed by atoms with Crippen molar-refractivity contribution < 1.29 is 0 Å². The number of nitrogens with two attached hydrogens (primary N) is 1. The Balaban J connectivity index is -0.0000000200. The SMILES string of the molecule is C.C.N=CN.